The van der Waals surface area contributed by atoms with E-state index in [2.05, 4.69) is 11.4 Å². The van der Waals surface area contributed by atoms with Gasteiger partial charge in [-0.3, -0.25) is 0 Å². The van der Waals surface area contributed by atoms with Gasteiger partial charge in [0, 0.05) is 10.6 Å². The maximum atomic E-state index is 9.13. The number of thiophene rings is 1. The third kappa shape index (κ3) is 2.77. The molecule has 1 heterocycles. The van der Waals surface area contributed by atoms with Gasteiger partial charge in [0.25, 0.3) is 0 Å². The lowest BCUT2D eigenvalue weighted by molar-refractivity contribution is 0.415. The van der Waals surface area contributed by atoms with Crippen LogP contribution < -0.4 is 10.1 Å². The van der Waals surface area contributed by atoms with E-state index in [1.807, 2.05) is 41.8 Å². The number of anilines is 1. The molecule has 0 aliphatic carbocycles. The Labute approximate surface area is 104 Å². The van der Waals surface area contributed by atoms with Crippen LogP contribution in [0, 0.1) is 11.3 Å². The standard InChI is InChI=1S/C13H12N2OS/c1-16-11-6-4-10(5-7-11)15-12(9-14)13-3-2-8-17-13/h2-8,12,15H,1H3. The Hall–Kier alpha value is -1.99. The molecule has 1 unspecified atom stereocenters. The molecule has 2 rings (SSSR count). The molecule has 1 aromatic carbocycles. The highest BCUT2D eigenvalue weighted by Gasteiger charge is 2.10. The second-order valence-corrected chi connectivity index (χ2v) is 4.43. The summed E-state index contributed by atoms with van der Waals surface area (Å²) >= 11 is 1.57. The Kier molecular flexibility index (Phi) is 3.63. The molecule has 17 heavy (non-hydrogen) atoms. The molecule has 0 saturated heterocycles. The third-order valence-corrected chi connectivity index (χ3v) is 3.29. The summed E-state index contributed by atoms with van der Waals surface area (Å²) in [6.45, 7) is 0. The lowest BCUT2D eigenvalue weighted by atomic mass is 10.2. The summed E-state index contributed by atoms with van der Waals surface area (Å²) in [7, 11) is 1.63. The predicted octanol–water partition coefficient (Wildman–Crippen LogP) is 3.43. The van der Waals surface area contributed by atoms with Gasteiger partial charge in [0.05, 0.1) is 13.2 Å². The lowest BCUT2D eigenvalue weighted by Crippen LogP contribution is -2.06. The fraction of sp³-hybridized carbons (Fsp3) is 0.154. The SMILES string of the molecule is COc1ccc(NC(C#N)c2cccs2)cc1. The van der Waals surface area contributed by atoms with Crippen molar-refractivity contribution in [1.29, 1.82) is 5.26 Å². The van der Waals surface area contributed by atoms with Crippen molar-refractivity contribution in [3.05, 3.63) is 46.7 Å². The molecule has 0 amide bonds. The van der Waals surface area contributed by atoms with Crippen molar-refractivity contribution in [3.63, 3.8) is 0 Å². The molecule has 0 spiro atoms. The van der Waals surface area contributed by atoms with Gasteiger partial charge < -0.3 is 10.1 Å². The zero-order valence-corrected chi connectivity index (χ0v) is 10.2. The molecule has 1 atom stereocenters. The quantitative estimate of drug-likeness (QED) is 0.896. The van der Waals surface area contributed by atoms with E-state index < -0.39 is 0 Å². The number of rotatable bonds is 4. The second-order valence-electron chi connectivity index (χ2n) is 3.45. The summed E-state index contributed by atoms with van der Waals surface area (Å²) in [5, 5.41) is 14.3. The molecule has 4 heteroatoms. The number of hydrogen-bond donors (Lipinski definition) is 1. The van der Waals surface area contributed by atoms with Gasteiger partial charge in [0.1, 0.15) is 11.8 Å². The fourth-order valence-electron chi connectivity index (χ4n) is 1.48. The molecule has 0 bridgehead atoms. The first-order chi connectivity index (χ1) is 8.33. The summed E-state index contributed by atoms with van der Waals surface area (Å²) < 4.78 is 5.08. The highest BCUT2D eigenvalue weighted by molar-refractivity contribution is 7.10. The second kappa shape index (κ2) is 5.37. The van der Waals surface area contributed by atoms with E-state index in [0.29, 0.717) is 0 Å². The summed E-state index contributed by atoms with van der Waals surface area (Å²) in [6, 6.07) is 13.4. The van der Waals surface area contributed by atoms with Gasteiger partial charge in [-0.15, -0.1) is 11.3 Å². The summed E-state index contributed by atoms with van der Waals surface area (Å²) in [6.07, 6.45) is 0. The monoisotopic (exact) mass is 244 g/mol. The van der Waals surface area contributed by atoms with Crippen molar-refractivity contribution in [2.24, 2.45) is 0 Å². The number of benzene rings is 1. The first kappa shape index (κ1) is 11.5. The summed E-state index contributed by atoms with van der Waals surface area (Å²) in [4.78, 5) is 1.02. The highest BCUT2D eigenvalue weighted by Crippen LogP contribution is 2.24. The Balaban J connectivity index is 2.11. The average Bonchev–Trinajstić information content (AvgIpc) is 2.90. The van der Waals surface area contributed by atoms with Gasteiger partial charge >= 0.3 is 0 Å². The average molecular weight is 244 g/mol. The minimum atomic E-state index is -0.302. The van der Waals surface area contributed by atoms with Crippen LogP contribution in [0.2, 0.25) is 0 Å². The molecular formula is C13H12N2OS. The van der Waals surface area contributed by atoms with Crippen molar-refractivity contribution in [1.82, 2.24) is 0 Å². The van der Waals surface area contributed by atoms with E-state index in [1.165, 1.54) is 0 Å². The van der Waals surface area contributed by atoms with E-state index in [4.69, 9.17) is 10.00 Å². The molecule has 1 N–H and O–H groups in total. The number of ether oxygens (including phenoxy) is 1. The first-order valence-corrected chi connectivity index (χ1v) is 6.05. The molecule has 3 nitrogen and oxygen atoms in total. The van der Waals surface area contributed by atoms with Crippen molar-refractivity contribution < 1.29 is 4.74 Å². The van der Waals surface area contributed by atoms with E-state index >= 15 is 0 Å². The van der Waals surface area contributed by atoms with Crippen molar-refractivity contribution in [2.45, 2.75) is 6.04 Å². The van der Waals surface area contributed by atoms with Crippen LogP contribution in [-0.4, -0.2) is 7.11 Å². The van der Waals surface area contributed by atoms with Crippen LogP contribution in [-0.2, 0) is 0 Å². The summed E-state index contributed by atoms with van der Waals surface area (Å²) in [5.74, 6) is 0.806. The number of nitrogens with one attached hydrogen (secondary N) is 1. The largest absolute Gasteiger partial charge is 0.497 e. The Morgan fingerprint density at radius 2 is 2.06 bits per heavy atom. The van der Waals surface area contributed by atoms with Crippen LogP contribution in [0.5, 0.6) is 5.75 Å². The molecule has 0 fully saturated rings. The number of methoxy groups -OCH3 is 1. The van der Waals surface area contributed by atoms with Gasteiger partial charge in [0.2, 0.25) is 0 Å². The van der Waals surface area contributed by atoms with Crippen LogP contribution in [0.4, 0.5) is 5.69 Å². The van der Waals surface area contributed by atoms with Crippen molar-refractivity contribution in [2.75, 3.05) is 12.4 Å². The fourth-order valence-corrected chi connectivity index (χ4v) is 2.20. The number of nitrogens with zero attached hydrogens (tertiary/aromatic N) is 1. The molecular weight excluding hydrogens is 232 g/mol. The van der Waals surface area contributed by atoms with E-state index in [1.54, 1.807) is 18.4 Å². The smallest absolute Gasteiger partial charge is 0.149 e. The molecule has 0 radical (unpaired) electrons. The van der Waals surface area contributed by atoms with E-state index in [9.17, 15) is 0 Å². The van der Waals surface area contributed by atoms with Gasteiger partial charge in [-0.1, -0.05) is 6.07 Å². The number of hydrogen-bond acceptors (Lipinski definition) is 4. The maximum Gasteiger partial charge on any atom is 0.149 e. The maximum absolute atomic E-state index is 9.13. The van der Waals surface area contributed by atoms with Gasteiger partial charge in [-0.2, -0.15) is 5.26 Å². The van der Waals surface area contributed by atoms with E-state index in [-0.39, 0.29) is 6.04 Å². The van der Waals surface area contributed by atoms with Crippen LogP contribution in [0.3, 0.4) is 0 Å². The van der Waals surface area contributed by atoms with Crippen molar-refractivity contribution >= 4 is 17.0 Å². The first-order valence-electron chi connectivity index (χ1n) is 5.17. The van der Waals surface area contributed by atoms with Crippen molar-refractivity contribution in [3.8, 4) is 11.8 Å². The third-order valence-electron chi connectivity index (χ3n) is 2.36. The molecule has 0 aliphatic heterocycles. The normalized spacial score (nSPS) is 11.5. The highest BCUT2D eigenvalue weighted by atomic mass is 32.1. The number of nitriles is 1. The van der Waals surface area contributed by atoms with Crippen LogP contribution >= 0.6 is 11.3 Å². The predicted molar refractivity (Wildman–Crippen MR) is 69.3 cm³/mol. The zero-order valence-electron chi connectivity index (χ0n) is 9.38. The Morgan fingerprint density at radius 3 is 2.59 bits per heavy atom. The Morgan fingerprint density at radius 1 is 1.29 bits per heavy atom. The lowest BCUT2D eigenvalue weighted by Gasteiger charge is -2.11. The van der Waals surface area contributed by atoms with E-state index in [0.717, 1.165) is 16.3 Å². The molecule has 0 saturated carbocycles. The molecule has 1 aromatic heterocycles. The van der Waals surface area contributed by atoms with Crippen LogP contribution in [0.15, 0.2) is 41.8 Å². The Bertz CT molecular complexity index is 499. The molecule has 0 aliphatic rings. The van der Waals surface area contributed by atoms with Gasteiger partial charge in [-0.05, 0) is 35.7 Å². The molecule has 2 aromatic rings. The minimum absolute atomic E-state index is 0.302. The van der Waals surface area contributed by atoms with Crippen LogP contribution in [0.1, 0.15) is 10.9 Å². The topological polar surface area (TPSA) is 45.0 Å². The van der Waals surface area contributed by atoms with Gasteiger partial charge in [0.15, 0.2) is 0 Å². The minimum Gasteiger partial charge on any atom is -0.497 e. The zero-order chi connectivity index (χ0) is 12.1. The van der Waals surface area contributed by atoms with Crippen LogP contribution in [0.25, 0.3) is 0 Å². The molecule has 86 valence electrons. The summed E-state index contributed by atoms with van der Waals surface area (Å²) in [5.41, 5.74) is 0.908. The van der Waals surface area contributed by atoms with Gasteiger partial charge in [-0.25, -0.2) is 0 Å².